The average Bonchev–Trinajstić information content (AvgIpc) is 2.27. The maximum atomic E-state index is 5.98. The molecule has 1 saturated carbocycles. The molecule has 1 aromatic carbocycles. The van der Waals surface area contributed by atoms with Gasteiger partial charge in [-0.2, -0.15) is 0 Å². The standard InChI is InChI=1S/C13H18ClNO/c1-9-2-3-10(14)8-13(9)16-12-6-4-11(15)5-7-12/h2-3,8,11-12H,4-7,15H2,1H3. The summed E-state index contributed by atoms with van der Waals surface area (Å²) in [4.78, 5) is 0. The average molecular weight is 240 g/mol. The van der Waals surface area contributed by atoms with Crippen molar-refractivity contribution in [2.24, 2.45) is 5.73 Å². The number of nitrogens with two attached hydrogens (primary N) is 1. The van der Waals surface area contributed by atoms with Gasteiger partial charge in [-0.15, -0.1) is 0 Å². The SMILES string of the molecule is Cc1ccc(Cl)cc1OC1CCC(N)CC1. The lowest BCUT2D eigenvalue weighted by molar-refractivity contribution is 0.146. The molecule has 1 fully saturated rings. The molecule has 1 aromatic rings. The minimum atomic E-state index is 0.303. The van der Waals surface area contributed by atoms with Gasteiger partial charge in [-0.05, 0) is 50.3 Å². The molecule has 1 aliphatic carbocycles. The molecule has 0 unspecified atom stereocenters. The summed E-state index contributed by atoms with van der Waals surface area (Å²) in [5.74, 6) is 0.910. The molecule has 0 spiro atoms. The number of ether oxygens (including phenoxy) is 1. The number of rotatable bonds is 2. The van der Waals surface area contributed by atoms with Crippen LogP contribution in [0.5, 0.6) is 5.75 Å². The molecular formula is C13H18ClNO. The summed E-state index contributed by atoms with van der Waals surface area (Å²) in [5.41, 5.74) is 7.01. The van der Waals surface area contributed by atoms with E-state index >= 15 is 0 Å². The van der Waals surface area contributed by atoms with E-state index in [-0.39, 0.29) is 0 Å². The van der Waals surface area contributed by atoms with Crippen molar-refractivity contribution in [3.8, 4) is 5.75 Å². The number of aryl methyl sites for hydroxylation is 1. The van der Waals surface area contributed by atoms with Crippen LogP contribution in [0.25, 0.3) is 0 Å². The fourth-order valence-electron chi connectivity index (χ4n) is 2.09. The zero-order valence-corrected chi connectivity index (χ0v) is 10.3. The Balaban J connectivity index is 2.00. The van der Waals surface area contributed by atoms with Crippen molar-refractivity contribution >= 4 is 11.6 Å². The van der Waals surface area contributed by atoms with Crippen LogP contribution in [0.1, 0.15) is 31.2 Å². The minimum absolute atomic E-state index is 0.303. The first kappa shape index (κ1) is 11.7. The molecule has 2 rings (SSSR count). The highest BCUT2D eigenvalue weighted by Crippen LogP contribution is 2.27. The van der Waals surface area contributed by atoms with Gasteiger partial charge < -0.3 is 10.5 Å². The van der Waals surface area contributed by atoms with E-state index in [0.29, 0.717) is 12.1 Å². The molecule has 0 aromatic heterocycles. The monoisotopic (exact) mass is 239 g/mol. The number of halogens is 1. The summed E-state index contributed by atoms with van der Waals surface area (Å²) in [6.45, 7) is 2.04. The van der Waals surface area contributed by atoms with E-state index in [1.807, 2.05) is 25.1 Å². The van der Waals surface area contributed by atoms with Crippen LogP contribution in [0, 0.1) is 6.92 Å². The Labute approximate surface area is 102 Å². The van der Waals surface area contributed by atoms with Crippen molar-refractivity contribution < 1.29 is 4.74 Å². The molecule has 1 aliphatic rings. The third-order valence-electron chi connectivity index (χ3n) is 3.16. The molecule has 0 atom stereocenters. The molecule has 3 heteroatoms. The smallest absolute Gasteiger partial charge is 0.124 e. The van der Waals surface area contributed by atoms with Gasteiger partial charge in [-0.3, -0.25) is 0 Å². The van der Waals surface area contributed by atoms with Crippen molar-refractivity contribution in [1.82, 2.24) is 0 Å². The predicted molar refractivity (Wildman–Crippen MR) is 67.0 cm³/mol. The Bertz CT molecular complexity index is 359. The zero-order chi connectivity index (χ0) is 11.5. The van der Waals surface area contributed by atoms with E-state index in [9.17, 15) is 0 Å². The van der Waals surface area contributed by atoms with Crippen LogP contribution in [0.2, 0.25) is 5.02 Å². The van der Waals surface area contributed by atoms with Crippen molar-refractivity contribution in [3.63, 3.8) is 0 Å². The van der Waals surface area contributed by atoms with E-state index in [4.69, 9.17) is 22.1 Å². The molecule has 0 heterocycles. The molecule has 0 aliphatic heterocycles. The second-order valence-corrected chi connectivity index (χ2v) is 5.00. The summed E-state index contributed by atoms with van der Waals surface area (Å²) in [5, 5.41) is 0.730. The molecule has 2 nitrogen and oxygen atoms in total. The van der Waals surface area contributed by atoms with Crippen LogP contribution >= 0.6 is 11.6 Å². The van der Waals surface area contributed by atoms with E-state index in [0.717, 1.165) is 42.0 Å². The van der Waals surface area contributed by atoms with Gasteiger partial charge in [-0.25, -0.2) is 0 Å². The summed E-state index contributed by atoms with van der Waals surface area (Å²) in [6.07, 6.45) is 4.52. The van der Waals surface area contributed by atoms with Crippen molar-refractivity contribution in [3.05, 3.63) is 28.8 Å². The van der Waals surface area contributed by atoms with Crippen LogP contribution in [0.15, 0.2) is 18.2 Å². The maximum absolute atomic E-state index is 5.98. The van der Waals surface area contributed by atoms with Gasteiger partial charge in [0.05, 0.1) is 6.10 Å². The summed E-state index contributed by atoms with van der Waals surface area (Å²) in [6, 6.07) is 6.14. The van der Waals surface area contributed by atoms with Crippen LogP contribution < -0.4 is 10.5 Å². The lowest BCUT2D eigenvalue weighted by Crippen LogP contribution is -2.31. The van der Waals surface area contributed by atoms with Gasteiger partial charge in [0, 0.05) is 11.1 Å². The lowest BCUT2D eigenvalue weighted by Gasteiger charge is -2.27. The quantitative estimate of drug-likeness (QED) is 0.860. The third kappa shape index (κ3) is 2.89. The first-order valence-electron chi connectivity index (χ1n) is 5.83. The second-order valence-electron chi connectivity index (χ2n) is 4.56. The predicted octanol–water partition coefficient (Wildman–Crippen LogP) is 3.30. The Morgan fingerprint density at radius 1 is 1.25 bits per heavy atom. The topological polar surface area (TPSA) is 35.2 Å². The van der Waals surface area contributed by atoms with Crippen LogP contribution in [0.4, 0.5) is 0 Å². The fourth-order valence-corrected chi connectivity index (χ4v) is 2.25. The van der Waals surface area contributed by atoms with E-state index < -0.39 is 0 Å². The van der Waals surface area contributed by atoms with Gasteiger partial charge in [0.2, 0.25) is 0 Å². The fraction of sp³-hybridized carbons (Fsp3) is 0.538. The highest BCUT2D eigenvalue weighted by Gasteiger charge is 2.20. The molecule has 0 amide bonds. The molecule has 88 valence electrons. The van der Waals surface area contributed by atoms with Gasteiger partial charge >= 0.3 is 0 Å². The van der Waals surface area contributed by atoms with Crippen LogP contribution in [-0.2, 0) is 0 Å². The molecule has 0 radical (unpaired) electrons. The van der Waals surface area contributed by atoms with Crippen LogP contribution in [-0.4, -0.2) is 12.1 Å². The molecule has 0 saturated heterocycles. The minimum Gasteiger partial charge on any atom is -0.490 e. The van der Waals surface area contributed by atoms with Gasteiger partial charge in [0.15, 0.2) is 0 Å². The van der Waals surface area contributed by atoms with Crippen molar-refractivity contribution in [1.29, 1.82) is 0 Å². The first-order chi connectivity index (χ1) is 7.65. The molecule has 2 N–H and O–H groups in total. The second kappa shape index (κ2) is 5.07. The Morgan fingerprint density at radius 2 is 1.94 bits per heavy atom. The zero-order valence-electron chi connectivity index (χ0n) is 9.58. The van der Waals surface area contributed by atoms with E-state index in [2.05, 4.69) is 0 Å². The number of hydrogen-bond acceptors (Lipinski definition) is 2. The Morgan fingerprint density at radius 3 is 2.62 bits per heavy atom. The summed E-state index contributed by atoms with van der Waals surface area (Å²) in [7, 11) is 0. The number of benzene rings is 1. The van der Waals surface area contributed by atoms with E-state index in [1.165, 1.54) is 0 Å². The van der Waals surface area contributed by atoms with E-state index in [1.54, 1.807) is 0 Å². The molecule has 16 heavy (non-hydrogen) atoms. The number of hydrogen-bond donors (Lipinski definition) is 1. The largest absolute Gasteiger partial charge is 0.490 e. The Hall–Kier alpha value is -0.730. The molecule has 0 bridgehead atoms. The Kier molecular flexibility index (Phi) is 3.72. The summed E-state index contributed by atoms with van der Waals surface area (Å²) >= 11 is 5.96. The maximum Gasteiger partial charge on any atom is 0.124 e. The van der Waals surface area contributed by atoms with Crippen LogP contribution in [0.3, 0.4) is 0 Å². The van der Waals surface area contributed by atoms with Gasteiger partial charge in [-0.1, -0.05) is 17.7 Å². The third-order valence-corrected chi connectivity index (χ3v) is 3.40. The molecular weight excluding hydrogens is 222 g/mol. The van der Waals surface area contributed by atoms with Crippen molar-refractivity contribution in [2.75, 3.05) is 0 Å². The lowest BCUT2D eigenvalue weighted by atomic mass is 9.93. The summed E-state index contributed by atoms with van der Waals surface area (Å²) < 4.78 is 5.98. The van der Waals surface area contributed by atoms with Crippen molar-refractivity contribution in [2.45, 2.75) is 44.8 Å². The van der Waals surface area contributed by atoms with Gasteiger partial charge in [0.25, 0.3) is 0 Å². The van der Waals surface area contributed by atoms with Gasteiger partial charge in [0.1, 0.15) is 5.75 Å². The first-order valence-corrected chi connectivity index (χ1v) is 6.21. The highest BCUT2D eigenvalue weighted by atomic mass is 35.5. The normalized spacial score (nSPS) is 25.4. The highest BCUT2D eigenvalue weighted by molar-refractivity contribution is 6.30.